The molecule has 0 spiro atoms. The molecule has 1 nitrogen and oxygen atoms in total. The lowest BCUT2D eigenvalue weighted by molar-refractivity contribution is 0.439. The highest BCUT2D eigenvalue weighted by Gasteiger charge is 2.22. The van der Waals surface area contributed by atoms with Gasteiger partial charge in [-0.1, -0.05) is 23.9 Å². The number of aryl methyl sites for hydroxylation is 2. The van der Waals surface area contributed by atoms with E-state index in [1.165, 1.54) is 16.0 Å². The van der Waals surface area contributed by atoms with Gasteiger partial charge in [-0.2, -0.15) is 0 Å². The molecule has 0 atom stereocenters. The summed E-state index contributed by atoms with van der Waals surface area (Å²) in [5.74, 6) is 0.275. The van der Waals surface area contributed by atoms with Gasteiger partial charge >= 0.3 is 0 Å². The average molecular weight is 315 g/mol. The van der Waals surface area contributed by atoms with Gasteiger partial charge in [-0.05, 0) is 81.1 Å². The predicted octanol–water partition coefficient (Wildman–Crippen LogP) is 5.06. The first-order valence-corrected chi connectivity index (χ1v) is 8.71. The first kappa shape index (κ1) is 15.6. The Morgan fingerprint density at radius 1 is 1.05 bits per heavy atom. The van der Waals surface area contributed by atoms with Crippen LogP contribution in [0.5, 0.6) is 0 Å². The van der Waals surface area contributed by atoms with Gasteiger partial charge in [-0.15, -0.1) is 0 Å². The maximum atomic E-state index is 14.4. The molecule has 0 unspecified atom stereocenters. The van der Waals surface area contributed by atoms with Crippen LogP contribution in [0.1, 0.15) is 35.4 Å². The molecule has 1 N–H and O–H groups in total. The number of rotatable bonds is 3. The van der Waals surface area contributed by atoms with Gasteiger partial charge in [0, 0.05) is 15.4 Å². The molecule has 0 radical (unpaired) electrons. The van der Waals surface area contributed by atoms with Crippen LogP contribution in [0.2, 0.25) is 0 Å². The minimum atomic E-state index is -0.0549. The summed E-state index contributed by atoms with van der Waals surface area (Å²) in [5, 5.41) is 3.36. The minimum absolute atomic E-state index is 0.0549. The molecule has 0 aromatic heterocycles. The summed E-state index contributed by atoms with van der Waals surface area (Å²) in [6, 6.07) is 11.9. The summed E-state index contributed by atoms with van der Waals surface area (Å²) in [7, 11) is 0. The van der Waals surface area contributed by atoms with Gasteiger partial charge in [0.05, 0.1) is 0 Å². The summed E-state index contributed by atoms with van der Waals surface area (Å²) in [4.78, 5) is 2.25. The van der Waals surface area contributed by atoms with Gasteiger partial charge < -0.3 is 5.32 Å². The summed E-state index contributed by atoms with van der Waals surface area (Å²) >= 11 is 1.68. The molecule has 2 aromatic carbocycles. The Labute approximate surface area is 136 Å². The van der Waals surface area contributed by atoms with Gasteiger partial charge in [-0.3, -0.25) is 0 Å². The molecule has 1 saturated heterocycles. The molecular formula is C19H22FNS. The summed E-state index contributed by atoms with van der Waals surface area (Å²) in [6.07, 6.45) is 2.03. The number of piperidine rings is 1. The van der Waals surface area contributed by atoms with Crippen molar-refractivity contribution in [2.75, 3.05) is 13.1 Å². The molecule has 1 aliphatic rings. The van der Waals surface area contributed by atoms with Crippen molar-refractivity contribution in [3.05, 3.63) is 58.9 Å². The highest BCUT2D eigenvalue weighted by atomic mass is 32.2. The molecule has 0 aliphatic carbocycles. The van der Waals surface area contributed by atoms with Crippen molar-refractivity contribution in [1.82, 2.24) is 5.32 Å². The fraction of sp³-hybridized carbons (Fsp3) is 0.368. The fourth-order valence-corrected chi connectivity index (χ4v) is 4.16. The van der Waals surface area contributed by atoms with Gasteiger partial charge in [0.25, 0.3) is 0 Å². The van der Waals surface area contributed by atoms with Crippen molar-refractivity contribution in [2.24, 2.45) is 0 Å². The SMILES string of the molecule is Cc1ccc(Sc2cccc(F)c2C2CCNCC2)cc1C. The zero-order valence-electron chi connectivity index (χ0n) is 13.2. The van der Waals surface area contributed by atoms with Crippen molar-refractivity contribution < 1.29 is 4.39 Å². The van der Waals surface area contributed by atoms with Gasteiger partial charge in [0.2, 0.25) is 0 Å². The highest BCUT2D eigenvalue weighted by Crippen LogP contribution is 2.38. The van der Waals surface area contributed by atoms with Crippen LogP contribution in [0, 0.1) is 19.7 Å². The lowest BCUT2D eigenvalue weighted by atomic mass is 9.90. The fourth-order valence-electron chi connectivity index (χ4n) is 3.02. The molecule has 3 rings (SSSR count). The zero-order chi connectivity index (χ0) is 15.5. The first-order chi connectivity index (χ1) is 10.6. The lowest BCUT2D eigenvalue weighted by Gasteiger charge is -2.25. The summed E-state index contributed by atoms with van der Waals surface area (Å²) in [5.41, 5.74) is 3.49. The largest absolute Gasteiger partial charge is 0.317 e. The van der Waals surface area contributed by atoms with E-state index in [1.54, 1.807) is 17.8 Å². The first-order valence-electron chi connectivity index (χ1n) is 7.89. The molecular weight excluding hydrogens is 293 g/mol. The Morgan fingerprint density at radius 3 is 2.55 bits per heavy atom. The number of halogens is 1. The molecule has 116 valence electrons. The van der Waals surface area contributed by atoms with Crippen LogP contribution in [-0.4, -0.2) is 13.1 Å². The summed E-state index contributed by atoms with van der Waals surface area (Å²) < 4.78 is 14.4. The van der Waals surface area contributed by atoms with Crippen LogP contribution >= 0.6 is 11.8 Å². The molecule has 3 heteroatoms. The normalized spacial score (nSPS) is 16.0. The smallest absolute Gasteiger partial charge is 0.127 e. The molecule has 1 aliphatic heterocycles. The van der Waals surface area contributed by atoms with Crippen molar-refractivity contribution >= 4 is 11.8 Å². The Kier molecular flexibility index (Phi) is 4.84. The second-order valence-electron chi connectivity index (χ2n) is 6.02. The van der Waals surface area contributed by atoms with Crippen LogP contribution in [0.25, 0.3) is 0 Å². The van der Waals surface area contributed by atoms with Crippen LogP contribution in [0.3, 0.4) is 0 Å². The molecule has 0 amide bonds. The van der Waals surface area contributed by atoms with Crippen molar-refractivity contribution in [3.8, 4) is 0 Å². The Balaban J connectivity index is 1.92. The third-order valence-electron chi connectivity index (χ3n) is 4.47. The number of nitrogens with one attached hydrogen (secondary N) is 1. The van der Waals surface area contributed by atoms with E-state index in [-0.39, 0.29) is 5.82 Å². The van der Waals surface area contributed by atoms with Crippen LogP contribution < -0.4 is 5.32 Å². The molecule has 0 saturated carbocycles. The van der Waals surface area contributed by atoms with Crippen LogP contribution in [-0.2, 0) is 0 Å². The van der Waals surface area contributed by atoms with Crippen LogP contribution in [0.15, 0.2) is 46.2 Å². The summed E-state index contributed by atoms with van der Waals surface area (Å²) in [6.45, 7) is 6.20. The standard InChI is InChI=1S/C19H22FNS/c1-13-6-7-16(12-14(13)2)22-18-5-3-4-17(20)19(18)15-8-10-21-11-9-15/h3-7,12,15,21H,8-11H2,1-2H3. The van der Waals surface area contributed by atoms with Crippen molar-refractivity contribution in [2.45, 2.75) is 42.4 Å². The van der Waals surface area contributed by atoms with E-state index in [0.29, 0.717) is 5.92 Å². The average Bonchev–Trinajstić information content (AvgIpc) is 2.52. The zero-order valence-corrected chi connectivity index (χ0v) is 14.0. The van der Waals surface area contributed by atoms with E-state index in [2.05, 4.69) is 43.4 Å². The Morgan fingerprint density at radius 2 is 1.82 bits per heavy atom. The number of hydrogen-bond donors (Lipinski definition) is 1. The Bertz CT molecular complexity index is 662. The molecule has 0 bridgehead atoms. The molecule has 1 heterocycles. The highest BCUT2D eigenvalue weighted by molar-refractivity contribution is 7.99. The van der Waals surface area contributed by atoms with Gasteiger partial charge in [-0.25, -0.2) is 4.39 Å². The van der Waals surface area contributed by atoms with E-state index in [9.17, 15) is 4.39 Å². The molecule has 22 heavy (non-hydrogen) atoms. The van der Waals surface area contributed by atoms with E-state index in [4.69, 9.17) is 0 Å². The Hall–Kier alpha value is -1.32. The monoisotopic (exact) mass is 315 g/mol. The molecule has 1 fully saturated rings. The third-order valence-corrected chi connectivity index (χ3v) is 5.53. The second-order valence-corrected chi connectivity index (χ2v) is 7.14. The van der Waals surface area contributed by atoms with Crippen LogP contribution in [0.4, 0.5) is 4.39 Å². The van der Waals surface area contributed by atoms with Gasteiger partial charge in [0.15, 0.2) is 0 Å². The third kappa shape index (κ3) is 3.36. The molecule has 2 aromatic rings. The van der Waals surface area contributed by atoms with E-state index < -0.39 is 0 Å². The maximum absolute atomic E-state index is 14.4. The van der Waals surface area contributed by atoms with Gasteiger partial charge in [0.1, 0.15) is 5.82 Å². The number of hydrogen-bond acceptors (Lipinski definition) is 2. The van der Waals surface area contributed by atoms with E-state index in [0.717, 1.165) is 36.4 Å². The minimum Gasteiger partial charge on any atom is -0.317 e. The van der Waals surface area contributed by atoms with E-state index in [1.807, 2.05) is 6.07 Å². The van der Waals surface area contributed by atoms with Crippen molar-refractivity contribution in [1.29, 1.82) is 0 Å². The van der Waals surface area contributed by atoms with E-state index >= 15 is 0 Å². The second kappa shape index (κ2) is 6.84. The predicted molar refractivity (Wildman–Crippen MR) is 91.3 cm³/mol. The van der Waals surface area contributed by atoms with Crippen molar-refractivity contribution in [3.63, 3.8) is 0 Å². The number of benzene rings is 2. The maximum Gasteiger partial charge on any atom is 0.127 e. The lowest BCUT2D eigenvalue weighted by Crippen LogP contribution is -2.27. The quantitative estimate of drug-likeness (QED) is 0.849. The topological polar surface area (TPSA) is 12.0 Å².